The van der Waals surface area contributed by atoms with E-state index in [0.29, 0.717) is 0 Å². The van der Waals surface area contributed by atoms with Crippen LogP contribution in [0, 0.1) is 10.1 Å². The first-order chi connectivity index (χ1) is 9.76. The van der Waals surface area contributed by atoms with Crippen molar-refractivity contribution in [1.29, 1.82) is 0 Å². The van der Waals surface area contributed by atoms with E-state index in [9.17, 15) is 35.3 Å². The molecule has 21 heavy (non-hydrogen) atoms. The van der Waals surface area contributed by atoms with Crippen molar-refractivity contribution >= 4 is 5.78 Å². The fourth-order valence-corrected chi connectivity index (χ4v) is 1.68. The minimum Gasteiger partial charge on any atom is -0.394 e. The molecule has 5 N–H and O–H groups in total. The van der Waals surface area contributed by atoms with Crippen molar-refractivity contribution in [2.75, 3.05) is 6.61 Å². The van der Waals surface area contributed by atoms with Crippen LogP contribution >= 0.6 is 0 Å². The number of nitrogens with zero attached hydrogens (tertiary/aromatic N) is 1. The van der Waals surface area contributed by atoms with Gasteiger partial charge in [0.25, 0.3) is 5.78 Å². The summed E-state index contributed by atoms with van der Waals surface area (Å²) in [5.41, 5.74) is -3.82. The third-order valence-corrected chi connectivity index (χ3v) is 2.97. The van der Waals surface area contributed by atoms with Crippen LogP contribution in [0.4, 0.5) is 0 Å². The zero-order chi connectivity index (χ0) is 16.2. The fourth-order valence-electron chi connectivity index (χ4n) is 1.68. The van der Waals surface area contributed by atoms with Gasteiger partial charge < -0.3 is 25.5 Å². The fraction of sp³-hybridized carbons (Fsp3) is 0.417. The number of aliphatic hydroxyl groups is 5. The third kappa shape index (κ3) is 3.23. The van der Waals surface area contributed by atoms with Gasteiger partial charge in [-0.05, 0) is 0 Å². The van der Waals surface area contributed by atoms with Crippen molar-refractivity contribution in [1.82, 2.24) is 0 Å². The highest BCUT2D eigenvalue weighted by atomic mass is 16.7. The summed E-state index contributed by atoms with van der Waals surface area (Å²) in [6.45, 7) is -1.02. The molecule has 0 bridgehead atoms. The van der Waals surface area contributed by atoms with Gasteiger partial charge in [0.1, 0.15) is 12.2 Å². The van der Waals surface area contributed by atoms with E-state index in [2.05, 4.69) is 0 Å². The normalized spacial score (nSPS) is 18.3. The molecule has 0 saturated carbocycles. The molecule has 9 heteroatoms. The molecule has 0 aromatic heterocycles. The molecule has 1 aromatic rings. The number of rotatable bonds is 7. The van der Waals surface area contributed by atoms with Crippen LogP contribution in [0.5, 0.6) is 0 Å². The number of hydrogen-bond acceptors (Lipinski definition) is 8. The molecule has 0 unspecified atom stereocenters. The lowest BCUT2D eigenvalue weighted by molar-refractivity contribution is -0.617. The number of ketones is 1. The minimum absolute atomic E-state index is 0.263. The Bertz CT molecular complexity index is 507. The number of benzene rings is 1. The number of carbonyl (C=O) groups excluding carboxylic acids is 1. The number of Topliss-reactive ketones (excluding diaryl/α,β-unsaturated/α-hetero) is 1. The van der Waals surface area contributed by atoms with Crippen LogP contribution in [0.3, 0.4) is 0 Å². The summed E-state index contributed by atoms with van der Waals surface area (Å²) in [5, 5.41) is 58.0. The SMILES string of the molecule is O=C(c1ccccc1)[C@](O)([C@@H](O)[C@@H](O)[C@H](O)CO)[N+](=O)[O-]. The van der Waals surface area contributed by atoms with Gasteiger partial charge in [-0.25, -0.2) is 0 Å². The molecular weight excluding hydrogens is 286 g/mol. The molecular formula is C12H15NO8. The Hall–Kier alpha value is -1.91. The number of hydrogen-bond donors (Lipinski definition) is 5. The molecule has 0 aliphatic carbocycles. The average molecular weight is 301 g/mol. The van der Waals surface area contributed by atoms with E-state index >= 15 is 0 Å². The summed E-state index contributed by atoms with van der Waals surface area (Å²) in [5.74, 6) is -1.45. The van der Waals surface area contributed by atoms with Crippen LogP contribution < -0.4 is 0 Å². The minimum atomic E-state index is -3.56. The number of nitro groups is 1. The Morgan fingerprint density at radius 1 is 1.24 bits per heavy atom. The van der Waals surface area contributed by atoms with Gasteiger partial charge in [-0.1, -0.05) is 30.3 Å². The third-order valence-electron chi connectivity index (χ3n) is 2.97. The predicted octanol–water partition coefficient (Wildman–Crippen LogP) is -2.09. The van der Waals surface area contributed by atoms with E-state index in [1.807, 2.05) is 0 Å². The second-order valence-corrected chi connectivity index (χ2v) is 4.36. The maximum Gasteiger partial charge on any atom is 0.414 e. The van der Waals surface area contributed by atoms with Crippen molar-refractivity contribution < 1.29 is 35.3 Å². The zero-order valence-electron chi connectivity index (χ0n) is 10.7. The second kappa shape index (κ2) is 6.70. The smallest absolute Gasteiger partial charge is 0.394 e. The van der Waals surface area contributed by atoms with Gasteiger partial charge in [-0.2, -0.15) is 0 Å². The molecule has 0 heterocycles. The Kier molecular flexibility index (Phi) is 5.47. The summed E-state index contributed by atoms with van der Waals surface area (Å²) in [6, 6.07) is 6.66. The van der Waals surface area contributed by atoms with Gasteiger partial charge in [0.15, 0.2) is 6.10 Å². The van der Waals surface area contributed by atoms with Gasteiger partial charge in [0.2, 0.25) is 0 Å². The van der Waals surface area contributed by atoms with Crippen LogP contribution in [0.2, 0.25) is 0 Å². The maximum absolute atomic E-state index is 12.1. The maximum atomic E-state index is 12.1. The monoisotopic (exact) mass is 301 g/mol. The summed E-state index contributed by atoms with van der Waals surface area (Å²) >= 11 is 0. The van der Waals surface area contributed by atoms with Gasteiger partial charge in [0.05, 0.1) is 11.5 Å². The highest BCUT2D eigenvalue weighted by Crippen LogP contribution is 2.22. The van der Waals surface area contributed by atoms with Crippen molar-refractivity contribution in [2.45, 2.75) is 24.0 Å². The van der Waals surface area contributed by atoms with E-state index in [1.54, 1.807) is 0 Å². The molecule has 0 fully saturated rings. The Morgan fingerprint density at radius 2 is 1.76 bits per heavy atom. The predicted molar refractivity (Wildman–Crippen MR) is 67.8 cm³/mol. The molecule has 0 spiro atoms. The van der Waals surface area contributed by atoms with Crippen molar-refractivity contribution in [2.24, 2.45) is 0 Å². The quantitative estimate of drug-likeness (QED) is 0.166. The Morgan fingerprint density at radius 3 is 2.19 bits per heavy atom. The van der Waals surface area contributed by atoms with Crippen LogP contribution in [0.25, 0.3) is 0 Å². The highest BCUT2D eigenvalue weighted by molar-refractivity contribution is 6.01. The van der Waals surface area contributed by atoms with Crippen molar-refractivity contribution in [3.8, 4) is 0 Å². The average Bonchev–Trinajstić information content (AvgIpc) is 2.51. The molecule has 116 valence electrons. The van der Waals surface area contributed by atoms with Gasteiger partial charge in [-0.15, -0.1) is 0 Å². The highest BCUT2D eigenvalue weighted by Gasteiger charge is 2.59. The van der Waals surface area contributed by atoms with E-state index in [4.69, 9.17) is 5.11 Å². The number of aliphatic hydroxyl groups excluding tert-OH is 4. The molecule has 1 rings (SSSR count). The second-order valence-electron chi connectivity index (χ2n) is 4.36. The molecule has 0 radical (unpaired) electrons. The van der Waals surface area contributed by atoms with Crippen LogP contribution in [0.15, 0.2) is 30.3 Å². The Balaban J connectivity index is 3.20. The molecule has 0 saturated heterocycles. The largest absolute Gasteiger partial charge is 0.414 e. The van der Waals surface area contributed by atoms with Gasteiger partial charge >= 0.3 is 5.72 Å². The lowest BCUT2D eigenvalue weighted by atomic mass is 9.91. The number of carbonyl (C=O) groups is 1. The summed E-state index contributed by atoms with van der Waals surface area (Å²) < 4.78 is 0. The van der Waals surface area contributed by atoms with Crippen LogP contribution in [-0.4, -0.2) is 66.9 Å². The summed E-state index contributed by atoms with van der Waals surface area (Å²) in [7, 11) is 0. The Labute approximate surface area is 118 Å². The summed E-state index contributed by atoms with van der Waals surface area (Å²) in [4.78, 5) is 21.6. The first-order valence-corrected chi connectivity index (χ1v) is 5.88. The van der Waals surface area contributed by atoms with E-state index in [-0.39, 0.29) is 5.56 Å². The molecule has 0 aliphatic rings. The lowest BCUT2D eigenvalue weighted by Gasteiger charge is -2.28. The molecule has 0 amide bonds. The summed E-state index contributed by atoms with van der Waals surface area (Å²) in [6.07, 6.45) is -6.89. The van der Waals surface area contributed by atoms with Crippen molar-refractivity contribution in [3.63, 3.8) is 0 Å². The van der Waals surface area contributed by atoms with Crippen molar-refractivity contribution in [3.05, 3.63) is 46.0 Å². The van der Waals surface area contributed by atoms with E-state index in [1.165, 1.54) is 30.3 Å². The molecule has 9 nitrogen and oxygen atoms in total. The lowest BCUT2D eigenvalue weighted by Crippen LogP contribution is -2.62. The van der Waals surface area contributed by atoms with E-state index in [0.717, 1.165) is 0 Å². The van der Waals surface area contributed by atoms with Gasteiger partial charge in [0, 0.05) is 5.56 Å². The van der Waals surface area contributed by atoms with Crippen LogP contribution in [-0.2, 0) is 0 Å². The first kappa shape index (κ1) is 17.1. The van der Waals surface area contributed by atoms with Gasteiger partial charge in [-0.3, -0.25) is 14.9 Å². The topological polar surface area (TPSA) is 161 Å². The van der Waals surface area contributed by atoms with E-state index < -0.39 is 41.4 Å². The van der Waals surface area contributed by atoms with Crippen LogP contribution in [0.1, 0.15) is 10.4 Å². The molecule has 0 aliphatic heterocycles. The molecule has 1 aromatic carbocycles. The standard InChI is InChI=1S/C12H15NO8/c14-6-8(15)9(16)11(18)12(19,13(20)21)10(17)7-4-2-1-3-5-7/h1-5,8-9,11,14-16,18-19H,6H2/t8-,9+,11+,12+/m1/s1. The zero-order valence-corrected chi connectivity index (χ0v) is 10.7. The first-order valence-electron chi connectivity index (χ1n) is 5.88. The molecule has 4 atom stereocenters.